The van der Waals surface area contributed by atoms with Crippen molar-refractivity contribution in [1.82, 2.24) is 5.32 Å². The van der Waals surface area contributed by atoms with E-state index in [0.29, 0.717) is 0 Å². The van der Waals surface area contributed by atoms with E-state index in [4.69, 9.17) is 4.74 Å². The fourth-order valence-corrected chi connectivity index (χ4v) is 1.40. The summed E-state index contributed by atoms with van der Waals surface area (Å²) in [7, 11) is 1.89. The first-order valence-corrected chi connectivity index (χ1v) is 5.77. The molecule has 0 radical (unpaired) electrons. The second-order valence-electron chi connectivity index (χ2n) is 4.14. The van der Waals surface area contributed by atoms with Gasteiger partial charge >= 0.3 is 0 Å². The van der Waals surface area contributed by atoms with Crippen LogP contribution in [0.1, 0.15) is 19.4 Å². The van der Waals surface area contributed by atoms with Crippen LogP contribution in [0.4, 0.5) is 5.69 Å². The number of hydrogen-bond donors (Lipinski definition) is 2. The Bertz CT molecular complexity index is 364. The summed E-state index contributed by atoms with van der Waals surface area (Å²) in [5.74, 6) is -0.125. The third-order valence-corrected chi connectivity index (χ3v) is 2.14. The quantitative estimate of drug-likeness (QED) is 0.791. The minimum Gasteiger partial charge on any atom is -0.369 e. The molecule has 0 aromatic heterocycles. The van der Waals surface area contributed by atoms with Crippen molar-refractivity contribution in [2.75, 3.05) is 19.0 Å². The zero-order valence-electron chi connectivity index (χ0n) is 10.6. The SMILES string of the molecule is CNCc1cccc(NC(=O)COC(C)C)c1. The minimum atomic E-state index is -0.125. The van der Waals surface area contributed by atoms with E-state index in [1.807, 2.05) is 45.2 Å². The monoisotopic (exact) mass is 236 g/mol. The van der Waals surface area contributed by atoms with Crippen LogP contribution in [0.3, 0.4) is 0 Å². The largest absolute Gasteiger partial charge is 0.369 e. The van der Waals surface area contributed by atoms with Crippen LogP contribution >= 0.6 is 0 Å². The van der Waals surface area contributed by atoms with Crippen molar-refractivity contribution in [2.24, 2.45) is 0 Å². The number of rotatable bonds is 6. The van der Waals surface area contributed by atoms with Gasteiger partial charge in [0.2, 0.25) is 5.91 Å². The van der Waals surface area contributed by atoms with Gasteiger partial charge in [-0.05, 0) is 38.6 Å². The Morgan fingerprint density at radius 3 is 2.82 bits per heavy atom. The maximum Gasteiger partial charge on any atom is 0.250 e. The van der Waals surface area contributed by atoms with Crippen LogP contribution in [0.2, 0.25) is 0 Å². The van der Waals surface area contributed by atoms with E-state index in [2.05, 4.69) is 10.6 Å². The van der Waals surface area contributed by atoms with Gasteiger partial charge in [-0.25, -0.2) is 0 Å². The Morgan fingerprint density at radius 1 is 1.41 bits per heavy atom. The molecule has 0 saturated carbocycles. The molecule has 1 aromatic carbocycles. The van der Waals surface area contributed by atoms with Gasteiger partial charge in [0, 0.05) is 12.2 Å². The molecule has 1 aromatic rings. The first kappa shape index (κ1) is 13.7. The highest BCUT2D eigenvalue weighted by Crippen LogP contribution is 2.10. The smallest absolute Gasteiger partial charge is 0.250 e. The van der Waals surface area contributed by atoms with E-state index in [1.165, 1.54) is 0 Å². The number of nitrogens with one attached hydrogen (secondary N) is 2. The second-order valence-corrected chi connectivity index (χ2v) is 4.14. The topological polar surface area (TPSA) is 50.4 Å². The van der Waals surface area contributed by atoms with Gasteiger partial charge in [0.1, 0.15) is 6.61 Å². The predicted molar refractivity (Wildman–Crippen MR) is 68.9 cm³/mol. The van der Waals surface area contributed by atoms with Gasteiger partial charge < -0.3 is 15.4 Å². The summed E-state index contributed by atoms with van der Waals surface area (Å²) < 4.78 is 5.23. The summed E-state index contributed by atoms with van der Waals surface area (Å²) in [5.41, 5.74) is 1.94. The van der Waals surface area contributed by atoms with Crippen molar-refractivity contribution in [1.29, 1.82) is 0 Å². The highest BCUT2D eigenvalue weighted by molar-refractivity contribution is 5.91. The fourth-order valence-electron chi connectivity index (χ4n) is 1.40. The first-order chi connectivity index (χ1) is 8.11. The highest BCUT2D eigenvalue weighted by Gasteiger charge is 2.04. The summed E-state index contributed by atoms with van der Waals surface area (Å²) in [6, 6.07) is 7.75. The van der Waals surface area contributed by atoms with Crippen molar-refractivity contribution in [3.63, 3.8) is 0 Å². The summed E-state index contributed by atoms with van der Waals surface area (Å²) in [6.45, 7) is 4.68. The fraction of sp³-hybridized carbons (Fsp3) is 0.462. The van der Waals surface area contributed by atoms with Gasteiger partial charge in [-0.3, -0.25) is 4.79 Å². The van der Waals surface area contributed by atoms with E-state index in [9.17, 15) is 4.79 Å². The third-order valence-electron chi connectivity index (χ3n) is 2.14. The molecule has 1 amide bonds. The molecule has 0 atom stereocenters. The van der Waals surface area contributed by atoms with Crippen LogP contribution in [-0.4, -0.2) is 25.7 Å². The highest BCUT2D eigenvalue weighted by atomic mass is 16.5. The first-order valence-electron chi connectivity index (χ1n) is 5.77. The van der Waals surface area contributed by atoms with Crippen LogP contribution in [-0.2, 0) is 16.1 Å². The molecule has 0 bridgehead atoms. The zero-order valence-corrected chi connectivity index (χ0v) is 10.6. The molecule has 0 aliphatic carbocycles. The number of anilines is 1. The van der Waals surface area contributed by atoms with Crippen molar-refractivity contribution < 1.29 is 9.53 Å². The van der Waals surface area contributed by atoms with Gasteiger partial charge in [-0.15, -0.1) is 0 Å². The van der Waals surface area contributed by atoms with Gasteiger partial charge in [0.15, 0.2) is 0 Å². The summed E-state index contributed by atoms with van der Waals surface area (Å²) in [6.07, 6.45) is 0.0661. The molecule has 4 nitrogen and oxygen atoms in total. The maximum atomic E-state index is 11.5. The van der Waals surface area contributed by atoms with Crippen molar-refractivity contribution in [2.45, 2.75) is 26.5 Å². The molecule has 0 aliphatic rings. The minimum absolute atomic E-state index is 0.0661. The molecule has 2 N–H and O–H groups in total. The molecule has 0 heterocycles. The van der Waals surface area contributed by atoms with Crippen molar-refractivity contribution >= 4 is 11.6 Å². The summed E-state index contributed by atoms with van der Waals surface area (Å²) >= 11 is 0. The van der Waals surface area contributed by atoms with E-state index in [1.54, 1.807) is 0 Å². The number of carbonyl (C=O) groups excluding carboxylic acids is 1. The molecule has 94 valence electrons. The van der Waals surface area contributed by atoms with Crippen LogP contribution < -0.4 is 10.6 Å². The lowest BCUT2D eigenvalue weighted by Gasteiger charge is -2.09. The average molecular weight is 236 g/mol. The molecule has 0 unspecified atom stereocenters. The van der Waals surface area contributed by atoms with E-state index in [-0.39, 0.29) is 18.6 Å². The molecular weight excluding hydrogens is 216 g/mol. The van der Waals surface area contributed by atoms with Gasteiger partial charge in [0.25, 0.3) is 0 Å². The van der Waals surface area contributed by atoms with E-state index >= 15 is 0 Å². The Kier molecular flexibility index (Phi) is 5.66. The van der Waals surface area contributed by atoms with Crippen LogP contribution in [0.15, 0.2) is 24.3 Å². The standard InChI is InChI=1S/C13H20N2O2/c1-10(2)17-9-13(16)15-12-6-4-5-11(7-12)8-14-3/h4-7,10,14H,8-9H2,1-3H3,(H,15,16). The van der Waals surface area contributed by atoms with Crippen LogP contribution in [0, 0.1) is 0 Å². The average Bonchev–Trinajstić information content (AvgIpc) is 2.27. The normalized spacial score (nSPS) is 10.6. The molecule has 0 aliphatic heterocycles. The number of carbonyl (C=O) groups is 1. The van der Waals surface area contributed by atoms with Gasteiger partial charge in [-0.2, -0.15) is 0 Å². The zero-order chi connectivity index (χ0) is 12.7. The Morgan fingerprint density at radius 2 is 2.18 bits per heavy atom. The lowest BCUT2D eigenvalue weighted by Crippen LogP contribution is -2.20. The van der Waals surface area contributed by atoms with Crippen molar-refractivity contribution in [3.8, 4) is 0 Å². The number of benzene rings is 1. The summed E-state index contributed by atoms with van der Waals surface area (Å²) in [4.78, 5) is 11.5. The lowest BCUT2D eigenvalue weighted by atomic mass is 10.2. The predicted octanol–water partition coefficient (Wildman–Crippen LogP) is 1.77. The van der Waals surface area contributed by atoms with Crippen LogP contribution in [0.25, 0.3) is 0 Å². The third kappa shape index (κ3) is 5.47. The molecule has 0 fully saturated rings. The second kappa shape index (κ2) is 7.04. The molecular formula is C13H20N2O2. The van der Waals surface area contributed by atoms with Gasteiger partial charge in [0.05, 0.1) is 6.10 Å². The molecule has 0 spiro atoms. The van der Waals surface area contributed by atoms with E-state index < -0.39 is 0 Å². The number of amides is 1. The molecule has 0 saturated heterocycles. The number of hydrogen-bond acceptors (Lipinski definition) is 3. The molecule has 1 rings (SSSR count). The van der Waals surface area contributed by atoms with Gasteiger partial charge in [-0.1, -0.05) is 12.1 Å². The Balaban J connectivity index is 2.50. The maximum absolute atomic E-state index is 11.5. The molecule has 17 heavy (non-hydrogen) atoms. The molecule has 4 heteroatoms. The summed E-state index contributed by atoms with van der Waals surface area (Å²) in [5, 5.41) is 5.87. The van der Waals surface area contributed by atoms with Crippen LogP contribution in [0.5, 0.6) is 0 Å². The van der Waals surface area contributed by atoms with Crippen molar-refractivity contribution in [3.05, 3.63) is 29.8 Å². The number of ether oxygens (including phenoxy) is 1. The Labute approximate surface area is 102 Å². The Hall–Kier alpha value is -1.39. The lowest BCUT2D eigenvalue weighted by molar-refractivity contribution is -0.121. The van der Waals surface area contributed by atoms with E-state index in [0.717, 1.165) is 17.8 Å².